The average molecular weight is 442 g/mol. The van der Waals surface area contributed by atoms with Crippen molar-refractivity contribution in [3.8, 4) is 28.8 Å². The summed E-state index contributed by atoms with van der Waals surface area (Å²) >= 11 is 7.36. The van der Waals surface area contributed by atoms with Crippen molar-refractivity contribution >= 4 is 28.1 Å². The lowest BCUT2D eigenvalue weighted by atomic mass is 10.1. The maximum atomic E-state index is 8.79. The number of rotatable bonds is 11. The molecule has 0 fully saturated rings. The Morgan fingerprint density at radius 3 is 2.10 bits per heavy atom. The molecule has 0 saturated carbocycles. The molecule has 0 aliphatic carbocycles. The molecule has 0 aliphatic heterocycles. The fraction of sp³-hybridized carbons (Fsp3) is 0.304. The third kappa shape index (κ3) is 6.38. The lowest BCUT2D eigenvalue weighted by Gasteiger charge is -2.08. The van der Waals surface area contributed by atoms with Gasteiger partial charge in [-0.25, -0.2) is 4.98 Å². The predicted octanol–water partition coefficient (Wildman–Crippen LogP) is 5.67. The summed E-state index contributed by atoms with van der Waals surface area (Å²) in [5.74, 6) is 2.19. The molecule has 0 spiro atoms. The molecule has 1 aromatic heterocycles. The van der Waals surface area contributed by atoms with Gasteiger partial charge in [-0.05, 0) is 74.2 Å². The van der Waals surface area contributed by atoms with Crippen LogP contribution in [0.2, 0.25) is 0 Å². The van der Waals surface area contributed by atoms with Gasteiger partial charge in [-0.15, -0.1) is 22.9 Å². The monoisotopic (exact) mass is 441 g/mol. The Hall–Kier alpha value is -2.75. The highest BCUT2D eigenvalue weighted by molar-refractivity contribution is 7.15. The van der Waals surface area contributed by atoms with Crippen LogP contribution in [0.4, 0.5) is 5.13 Å². The van der Waals surface area contributed by atoms with Gasteiger partial charge in [0.05, 0.1) is 30.5 Å². The van der Waals surface area contributed by atoms with E-state index in [0.717, 1.165) is 53.3 Å². The van der Waals surface area contributed by atoms with Gasteiger partial charge in [-0.3, -0.25) is 0 Å². The number of nitrogen functional groups attached to an aromatic ring is 1. The molecule has 0 atom stereocenters. The second kappa shape index (κ2) is 11.4. The van der Waals surface area contributed by atoms with Crippen LogP contribution in [0.15, 0.2) is 48.5 Å². The van der Waals surface area contributed by atoms with E-state index in [2.05, 4.69) is 11.1 Å². The molecule has 3 aromatic rings. The first-order valence-electron chi connectivity index (χ1n) is 9.87. The summed E-state index contributed by atoms with van der Waals surface area (Å²) in [5, 5.41) is 9.35. The second-order valence-corrected chi connectivity index (χ2v) is 8.17. The lowest BCUT2D eigenvalue weighted by Crippen LogP contribution is -2.01. The highest BCUT2D eigenvalue weighted by Gasteiger charge is 2.11. The second-order valence-electron chi connectivity index (χ2n) is 6.68. The van der Waals surface area contributed by atoms with Crippen LogP contribution in [-0.4, -0.2) is 24.1 Å². The van der Waals surface area contributed by atoms with Crippen molar-refractivity contribution in [1.29, 1.82) is 5.26 Å². The number of ether oxygens (including phenoxy) is 2. The van der Waals surface area contributed by atoms with Gasteiger partial charge >= 0.3 is 0 Å². The van der Waals surface area contributed by atoms with Crippen molar-refractivity contribution in [3.63, 3.8) is 0 Å². The first kappa shape index (κ1) is 21.9. The van der Waals surface area contributed by atoms with E-state index in [1.54, 1.807) is 12.1 Å². The van der Waals surface area contributed by atoms with Crippen LogP contribution in [0, 0.1) is 11.3 Å². The summed E-state index contributed by atoms with van der Waals surface area (Å²) in [4.78, 5) is 5.54. The van der Waals surface area contributed by atoms with Gasteiger partial charge in [0.15, 0.2) is 5.13 Å². The van der Waals surface area contributed by atoms with Gasteiger partial charge in [0.1, 0.15) is 11.5 Å². The molecule has 3 rings (SSSR count). The number of nitrogens with zero attached hydrogens (tertiary/aromatic N) is 2. The molecule has 7 heteroatoms. The molecule has 1 heterocycles. The Morgan fingerprint density at radius 2 is 1.53 bits per heavy atom. The minimum atomic E-state index is 0.550. The Bertz CT molecular complexity index is 966. The van der Waals surface area contributed by atoms with Crippen LogP contribution in [0.25, 0.3) is 11.3 Å². The minimum absolute atomic E-state index is 0.550. The third-order valence-corrected chi connectivity index (χ3v) is 5.61. The van der Waals surface area contributed by atoms with Gasteiger partial charge in [-0.1, -0.05) is 0 Å². The normalized spacial score (nSPS) is 10.5. The first-order chi connectivity index (χ1) is 14.7. The van der Waals surface area contributed by atoms with Crippen LogP contribution < -0.4 is 15.2 Å². The quantitative estimate of drug-likeness (QED) is 0.306. The highest BCUT2D eigenvalue weighted by atomic mass is 35.5. The minimum Gasteiger partial charge on any atom is -0.494 e. The Morgan fingerprint density at radius 1 is 0.933 bits per heavy atom. The zero-order valence-corrected chi connectivity index (χ0v) is 18.2. The van der Waals surface area contributed by atoms with Gasteiger partial charge in [0.2, 0.25) is 0 Å². The number of thiazole rings is 1. The molecule has 0 unspecified atom stereocenters. The summed E-state index contributed by atoms with van der Waals surface area (Å²) in [6.45, 7) is 1.32. The summed E-state index contributed by atoms with van der Waals surface area (Å²) in [7, 11) is 0. The zero-order valence-electron chi connectivity index (χ0n) is 16.6. The van der Waals surface area contributed by atoms with E-state index in [0.29, 0.717) is 29.8 Å². The predicted molar refractivity (Wildman–Crippen MR) is 122 cm³/mol. The SMILES string of the molecule is N#Cc1ccc(OCCCCCOc2ccc(-c3nc(N)sc3CCCl)cc2)cc1. The molecule has 156 valence electrons. The van der Waals surface area contributed by atoms with E-state index in [1.807, 2.05) is 36.4 Å². The molecule has 0 amide bonds. The number of nitriles is 1. The van der Waals surface area contributed by atoms with E-state index in [9.17, 15) is 0 Å². The Balaban J connectivity index is 1.36. The van der Waals surface area contributed by atoms with Crippen LogP contribution in [0.1, 0.15) is 29.7 Å². The van der Waals surface area contributed by atoms with Crippen molar-refractivity contribution < 1.29 is 9.47 Å². The number of unbranched alkanes of at least 4 members (excludes halogenated alkanes) is 2. The van der Waals surface area contributed by atoms with Gasteiger partial charge in [0, 0.05) is 16.3 Å². The lowest BCUT2D eigenvalue weighted by molar-refractivity contribution is 0.279. The van der Waals surface area contributed by atoms with Crippen molar-refractivity contribution in [2.24, 2.45) is 0 Å². The Kier molecular flexibility index (Phi) is 8.37. The maximum Gasteiger partial charge on any atom is 0.180 e. The zero-order chi connectivity index (χ0) is 21.2. The molecular weight excluding hydrogens is 418 g/mol. The molecule has 0 radical (unpaired) electrons. The summed E-state index contributed by atoms with van der Waals surface area (Å²) in [6.07, 6.45) is 3.70. The van der Waals surface area contributed by atoms with Gasteiger partial charge in [-0.2, -0.15) is 5.26 Å². The summed E-state index contributed by atoms with van der Waals surface area (Å²) < 4.78 is 11.5. The topological polar surface area (TPSA) is 81.2 Å². The first-order valence-corrected chi connectivity index (χ1v) is 11.2. The van der Waals surface area contributed by atoms with Crippen molar-refractivity contribution in [2.45, 2.75) is 25.7 Å². The number of aryl methyl sites for hydroxylation is 1. The number of alkyl halides is 1. The van der Waals surface area contributed by atoms with E-state index >= 15 is 0 Å². The van der Waals surface area contributed by atoms with E-state index in [4.69, 9.17) is 32.1 Å². The number of aromatic nitrogens is 1. The van der Waals surface area contributed by atoms with Crippen LogP contribution in [0.3, 0.4) is 0 Å². The van der Waals surface area contributed by atoms with E-state index < -0.39 is 0 Å². The average Bonchev–Trinajstić information content (AvgIpc) is 3.14. The summed E-state index contributed by atoms with van der Waals surface area (Å²) in [5.41, 5.74) is 8.43. The summed E-state index contributed by atoms with van der Waals surface area (Å²) in [6, 6.07) is 17.2. The molecular formula is C23H24ClN3O2S. The molecule has 2 aromatic carbocycles. The number of halogens is 1. The maximum absolute atomic E-state index is 8.79. The van der Waals surface area contributed by atoms with Crippen molar-refractivity contribution in [3.05, 3.63) is 59.0 Å². The number of anilines is 1. The van der Waals surface area contributed by atoms with Crippen molar-refractivity contribution in [1.82, 2.24) is 4.98 Å². The van der Waals surface area contributed by atoms with Crippen LogP contribution in [-0.2, 0) is 6.42 Å². The number of hydrogen-bond donors (Lipinski definition) is 1. The van der Waals surface area contributed by atoms with E-state index in [-0.39, 0.29) is 0 Å². The molecule has 0 bridgehead atoms. The Labute approximate surface area is 186 Å². The van der Waals surface area contributed by atoms with E-state index in [1.165, 1.54) is 11.3 Å². The van der Waals surface area contributed by atoms with Gasteiger partial charge < -0.3 is 15.2 Å². The number of hydrogen-bond acceptors (Lipinski definition) is 6. The van der Waals surface area contributed by atoms with Crippen LogP contribution in [0.5, 0.6) is 11.5 Å². The fourth-order valence-corrected chi connectivity index (χ4v) is 4.10. The smallest absolute Gasteiger partial charge is 0.180 e. The standard InChI is InChI=1S/C23H24ClN3O2S/c24-13-12-21-22(27-23(26)30-21)18-6-10-20(11-7-18)29-15-3-1-2-14-28-19-8-4-17(16-25)5-9-19/h4-11H,1-3,12-15H2,(H2,26,27). The largest absolute Gasteiger partial charge is 0.494 e. The number of nitrogens with two attached hydrogens (primary N) is 1. The molecule has 5 nitrogen and oxygen atoms in total. The number of benzene rings is 2. The molecule has 30 heavy (non-hydrogen) atoms. The van der Waals surface area contributed by atoms with Crippen LogP contribution >= 0.6 is 22.9 Å². The highest BCUT2D eigenvalue weighted by Crippen LogP contribution is 2.31. The van der Waals surface area contributed by atoms with Gasteiger partial charge in [0.25, 0.3) is 0 Å². The fourth-order valence-electron chi connectivity index (χ4n) is 2.95. The molecule has 0 saturated heterocycles. The molecule has 2 N–H and O–H groups in total. The third-order valence-electron chi connectivity index (χ3n) is 4.47. The molecule has 0 aliphatic rings. The van der Waals surface area contributed by atoms with Crippen molar-refractivity contribution in [2.75, 3.05) is 24.8 Å².